The van der Waals surface area contributed by atoms with Gasteiger partial charge in [-0.05, 0) is 42.2 Å². The molecule has 23 heavy (non-hydrogen) atoms. The van der Waals surface area contributed by atoms with E-state index in [0.717, 1.165) is 29.7 Å². The maximum absolute atomic E-state index is 12.3. The number of thiophene rings is 2. The molecule has 0 aromatic carbocycles. The first kappa shape index (κ1) is 16.2. The van der Waals surface area contributed by atoms with Crippen molar-refractivity contribution in [1.82, 2.24) is 0 Å². The smallest absolute Gasteiger partial charge is 0.341 e. The Morgan fingerprint density at radius 3 is 2.96 bits per heavy atom. The number of esters is 1. The number of methoxy groups -OCH3 is 1. The number of anilines is 1. The first-order valence-electron chi connectivity index (χ1n) is 7.63. The fourth-order valence-corrected chi connectivity index (χ4v) is 5.02. The molecule has 1 amide bonds. The number of carbonyl (C=O) groups excluding carboxylic acids is 2. The van der Waals surface area contributed by atoms with Gasteiger partial charge in [-0.3, -0.25) is 4.79 Å². The zero-order chi connectivity index (χ0) is 16.4. The number of amides is 1. The van der Waals surface area contributed by atoms with Crippen LogP contribution < -0.4 is 5.32 Å². The summed E-state index contributed by atoms with van der Waals surface area (Å²) in [7, 11) is 1.38. The molecule has 2 aromatic heterocycles. The lowest BCUT2D eigenvalue weighted by Crippen LogP contribution is -2.17. The molecule has 0 fully saturated rings. The van der Waals surface area contributed by atoms with Crippen molar-refractivity contribution in [2.24, 2.45) is 5.92 Å². The lowest BCUT2D eigenvalue weighted by Gasteiger charge is -2.18. The molecule has 4 nitrogen and oxygen atoms in total. The fourth-order valence-electron chi connectivity index (χ4n) is 2.90. The topological polar surface area (TPSA) is 55.4 Å². The van der Waals surface area contributed by atoms with E-state index in [2.05, 4.69) is 12.2 Å². The lowest BCUT2D eigenvalue weighted by molar-refractivity contribution is -0.115. The van der Waals surface area contributed by atoms with Gasteiger partial charge < -0.3 is 10.1 Å². The molecule has 0 radical (unpaired) electrons. The summed E-state index contributed by atoms with van der Waals surface area (Å²) in [4.78, 5) is 26.7. The molecular formula is C17H19NO3S2. The Morgan fingerprint density at radius 1 is 1.43 bits per heavy atom. The minimum atomic E-state index is -0.358. The number of carbonyl (C=O) groups is 2. The first-order valence-corrected chi connectivity index (χ1v) is 9.33. The van der Waals surface area contributed by atoms with E-state index in [0.29, 0.717) is 22.9 Å². The molecule has 0 spiro atoms. The van der Waals surface area contributed by atoms with E-state index in [9.17, 15) is 9.59 Å². The SMILES string of the molecule is COC(=O)c1c(NC(=O)Cc2cccs2)sc2c1CC[C@@H](C)C2. The predicted molar refractivity (Wildman–Crippen MR) is 93.5 cm³/mol. The van der Waals surface area contributed by atoms with Crippen molar-refractivity contribution in [2.45, 2.75) is 32.6 Å². The lowest BCUT2D eigenvalue weighted by atomic mass is 9.88. The molecule has 3 rings (SSSR count). The molecule has 1 atom stereocenters. The maximum atomic E-state index is 12.3. The Hall–Kier alpha value is -1.66. The zero-order valence-corrected chi connectivity index (χ0v) is 14.8. The third-order valence-corrected chi connectivity index (χ3v) is 6.12. The number of hydrogen-bond acceptors (Lipinski definition) is 5. The highest BCUT2D eigenvalue weighted by Gasteiger charge is 2.28. The van der Waals surface area contributed by atoms with Crippen molar-refractivity contribution in [3.63, 3.8) is 0 Å². The van der Waals surface area contributed by atoms with Crippen molar-refractivity contribution in [2.75, 3.05) is 12.4 Å². The normalized spacial score (nSPS) is 16.7. The van der Waals surface area contributed by atoms with Crippen LogP contribution in [0.15, 0.2) is 17.5 Å². The summed E-state index contributed by atoms with van der Waals surface area (Å²) < 4.78 is 4.93. The Bertz CT molecular complexity index is 719. The molecule has 0 bridgehead atoms. The molecule has 6 heteroatoms. The summed E-state index contributed by atoms with van der Waals surface area (Å²) in [5, 5.41) is 5.51. The molecule has 0 saturated heterocycles. The highest BCUT2D eigenvalue weighted by molar-refractivity contribution is 7.17. The van der Waals surface area contributed by atoms with E-state index in [1.807, 2.05) is 17.5 Å². The Morgan fingerprint density at radius 2 is 2.26 bits per heavy atom. The molecule has 1 aliphatic rings. The van der Waals surface area contributed by atoms with Crippen molar-refractivity contribution in [1.29, 1.82) is 0 Å². The van der Waals surface area contributed by atoms with Crippen molar-refractivity contribution >= 4 is 39.6 Å². The van der Waals surface area contributed by atoms with Gasteiger partial charge in [0.2, 0.25) is 5.91 Å². The van der Waals surface area contributed by atoms with E-state index in [-0.39, 0.29) is 11.9 Å². The standard InChI is InChI=1S/C17H19NO3S2/c1-10-5-6-12-13(8-10)23-16(15(12)17(20)21-2)18-14(19)9-11-4-3-7-22-11/h3-4,7,10H,5-6,8-9H2,1-2H3,(H,18,19)/t10-/m1/s1. The van der Waals surface area contributed by atoms with Gasteiger partial charge in [0, 0.05) is 9.75 Å². The van der Waals surface area contributed by atoms with Gasteiger partial charge in [-0.2, -0.15) is 0 Å². The second-order valence-corrected chi connectivity index (χ2v) is 7.99. The van der Waals surface area contributed by atoms with Gasteiger partial charge in [0.05, 0.1) is 19.1 Å². The average molecular weight is 349 g/mol. The summed E-state index contributed by atoms with van der Waals surface area (Å²) in [5.41, 5.74) is 1.62. The summed E-state index contributed by atoms with van der Waals surface area (Å²) >= 11 is 3.08. The van der Waals surface area contributed by atoms with Crippen LogP contribution in [-0.2, 0) is 28.8 Å². The van der Waals surface area contributed by atoms with Gasteiger partial charge in [-0.1, -0.05) is 13.0 Å². The second kappa shape index (κ2) is 6.84. The van der Waals surface area contributed by atoms with Crippen LogP contribution in [0.3, 0.4) is 0 Å². The van der Waals surface area contributed by atoms with E-state index < -0.39 is 0 Å². The highest BCUT2D eigenvalue weighted by Crippen LogP contribution is 2.40. The van der Waals surface area contributed by atoms with Crippen LogP contribution in [0, 0.1) is 5.92 Å². The van der Waals surface area contributed by atoms with Crippen molar-refractivity contribution in [3.05, 3.63) is 38.4 Å². The summed E-state index contributed by atoms with van der Waals surface area (Å²) in [6.07, 6.45) is 3.23. The van der Waals surface area contributed by atoms with Crippen LogP contribution in [0.1, 0.15) is 39.0 Å². The fraction of sp³-hybridized carbons (Fsp3) is 0.412. The van der Waals surface area contributed by atoms with Gasteiger partial charge in [-0.25, -0.2) is 4.79 Å². The van der Waals surface area contributed by atoms with E-state index in [1.165, 1.54) is 23.3 Å². The van der Waals surface area contributed by atoms with Crippen LogP contribution in [0.25, 0.3) is 0 Å². The van der Waals surface area contributed by atoms with Crippen LogP contribution in [0.2, 0.25) is 0 Å². The molecule has 1 N–H and O–H groups in total. The van der Waals surface area contributed by atoms with Crippen molar-refractivity contribution < 1.29 is 14.3 Å². The predicted octanol–water partition coefficient (Wildman–Crippen LogP) is 3.90. The van der Waals surface area contributed by atoms with E-state index in [1.54, 1.807) is 11.3 Å². The largest absolute Gasteiger partial charge is 0.465 e. The molecule has 0 saturated carbocycles. The Balaban J connectivity index is 1.85. The van der Waals surface area contributed by atoms with Crippen molar-refractivity contribution in [3.8, 4) is 0 Å². The first-order chi connectivity index (χ1) is 11.1. The molecule has 122 valence electrons. The number of rotatable bonds is 4. The summed E-state index contributed by atoms with van der Waals surface area (Å²) in [6, 6.07) is 3.87. The molecule has 0 unspecified atom stereocenters. The molecule has 2 aromatic rings. The van der Waals surface area contributed by atoms with E-state index in [4.69, 9.17) is 4.74 Å². The van der Waals surface area contributed by atoms with Gasteiger partial charge in [-0.15, -0.1) is 22.7 Å². The summed E-state index contributed by atoms with van der Waals surface area (Å²) in [5.74, 6) is 0.161. The zero-order valence-electron chi connectivity index (χ0n) is 13.2. The molecule has 0 aliphatic heterocycles. The summed E-state index contributed by atoms with van der Waals surface area (Å²) in [6.45, 7) is 2.22. The third-order valence-electron chi connectivity index (χ3n) is 4.07. The molecule has 1 aliphatic carbocycles. The highest BCUT2D eigenvalue weighted by atomic mass is 32.1. The van der Waals surface area contributed by atoms with Crippen LogP contribution in [0.5, 0.6) is 0 Å². The minimum Gasteiger partial charge on any atom is -0.465 e. The quantitative estimate of drug-likeness (QED) is 0.852. The Kier molecular flexibility index (Phi) is 4.82. The van der Waals surface area contributed by atoms with Gasteiger partial charge in [0.1, 0.15) is 5.00 Å². The van der Waals surface area contributed by atoms with Crippen LogP contribution in [-0.4, -0.2) is 19.0 Å². The van der Waals surface area contributed by atoms with Gasteiger partial charge in [0.25, 0.3) is 0 Å². The number of fused-ring (bicyclic) bond motifs is 1. The number of ether oxygens (including phenoxy) is 1. The number of nitrogens with one attached hydrogen (secondary N) is 1. The number of hydrogen-bond donors (Lipinski definition) is 1. The maximum Gasteiger partial charge on any atom is 0.341 e. The van der Waals surface area contributed by atoms with E-state index >= 15 is 0 Å². The minimum absolute atomic E-state index is 0.0933. The van der Waals surface area contributed by atoms with Crippen LogP contribution in [0.4, 0.5) is 5.00 Å². The molecular weight excluding hydrogens is 330 g/mol. The third kappa shape index (κ3) is 3.48. The van der Waals surface area contributed by atoms with Crippen LogP contribution >= 0.6 is 22.7 Å². The Labute approximate surface area is 143 Å². The molecule has 2 heterocycles. The second-order valence-electron chi connectivity index (χ2n) is 5.85. The monoisotopic (exact) mass is 349 g/mol. The average Bonchev–Trinajstić information content (AvgIpc) is 3.13. The van der Waals surface area contributed by atoms with Gasteiger partial charge >= 0.3 is 5.97 Å². The van der Waals surface area contributed by atoms with Gasteiger partial charge in [0.15, 0.2) is 0 Å².